The molecule has 0 aliphatic carbocycles. The number of amides is 2. The Kier molecular flexibility index (Phi) is 9.47. The molecule has 1 N–H and O–H groups in total. The molecule has 0 spiro atoms. The third-order valence-electron chi connectivity index (χ3n) is 7.92. The van der Waals surface area contributed by atoms with Crippen LogP contribution in [0.3, 0.4) is 0 Å². The van der Waals surface area contributed by atoms with Crippen LogP contribution in [-0.4, -0.2) is 83.7 Å². The summed E-state index contributed by atoms with van der Waals surface area (Å²) in [5, 5.41) is 3.10. The van der Waals surface area contributed by atoms with E-state index in [2.05, 4.69) is 5.32 Å². The topological polar surface area (TPSA) is 128 Å². The molecule has 11 nitrogen and oxygen atoms in total. The van der Waals surface area contributed by atoms with Gasteiger partial charge in [-0.3, -0.25) is 9.10 Å². The predicted molar refractivity (Wildman–Crippen MR) is 163 cm³/mol. The lowest BCUT2D eigenvalue weighted by Crippen LogP contribution is -2.39. The number of hydrogen-bond donors (Lipinski definition) is 1. The highest BCUT2D eigenvalue weighted by Gasteiger charge is 2.35. The van der Waals surface area contributed by atoms with Gasteiger partial charge in [0.2, 0.25) is 10.0 Å². The van der Waals surface area contributed by atoms with E-state index in [1.807, 2.05) is 13.8 Å². The molecule has 0 bridgehead atoms. The number of furan rings is 1. The Labute approximate surface area is 256 Å². The fraction of sp³-hybridized carbons (Fsp3) is 0.484. The van der Waals surface area contributed by atoms with Crippen LogP contribution in [0.25, 0.3) is 22.3 Å². The first-order chi connectivity index (χ1) is 21.0. The average Bonchev–Trinajstić information content (AvgIpc) is 3.58. The van der Waals surface area contributed by atoms with E-state index in [4.69, 9.17) is 18.6 Å². The fourth-order valence-corrected chi connectivity index (χ4v) is 6.56. The Morgan fingerprint density at radius 1 is 1.16 bits per heavy atom. The number of fused-ring (bicyclic) bond motifs is 2. The van der Waals surface area contributed by atoms with Crippen LogP contribution < -0.4 is 9.62 Å². The molecule has 44 heavy (non-hydrogen) atoms. The number of hydrogen-bond acceptors (Lipinski definition) is 8. The van der Waals surface area contributed by atoms with Crippen molar-refractivity contribution in [2.24, 2.45) is 0 Å². The van der Waals surface area contributed by atoms with E-state index in [1.165, 1.54) is 35.6 Å². The van der Waals surface area contributed by atoms with Crippen LogP contribution in [0, 0.1) is 5.82 Å². The molecule has 0 unspecified atom stereocenters. The normalized spacial score (nSPS) is 20.4. The van der Waals surface area contributed by atoms with Gasteiger partial charge in [-0.15, -0.1) is 0 Å². The van der Waals surface area contributed by atoms with Crippen LogP contribution in [0.4, 0.5) is 14.9 Å². The molecule has 3 aromatic rings. The van der Waals surface area contributed by atoms with Crippen molar-refractivity contribution < 1.29 is 41.0 Å². The molecule has 238 valence electrons. The summed E-state index contributed by atoms with van der Waals surface area (Å²) in [6, 6.07) is 8.91. The molecule has 1 aromatic heterocycles. The van der Waals surface area contributed by atoms with E-state index in [0.29, 0.717) is 53.9 Å². The number of benzene rings is 2. The number of halogens is 1. The zero-order chi connectivity index (χ0) is 31.6. The molecule has 2 amide bonds. The van der Waals surface area contributed by atoms with Crippen LogP contribution in [0.1, 0.15) is 55.1 Å². The monoisotopic (exact) mass is 631 g/mol. The van der Waals surface area contributed by atoms with Gasteiger partial charge >= 0.3 is 6.09 Å². The van der Waals surface area contributed by atoms with Gasteiger partial charge < -0.3 is 28.8 Å². The number of nitrogens with zero attached hydrogens (tertiary/aromatic N) is 2. The summed E-state index contributed by atoms with van der Waals surface area (Å²) in [4.78, 5) is 27.0. The maximum absolute atomic E-state index is 13.6. The van der Waals surface area contributed by atoms with E-state index in [9.17, 15) is 22.4 Å². The lowest BCUT2D eigenvalue weighted by molar-refractivity contribution is -0.0615. The molecular formula is C31H38FN3O8S. The quantitative estimate of drug-likeness (QED) is 0.332. The van der Waals surface area contributed by atoms with Crippen LogP contribution in [0.5, 0.6) is 0 Å². The maximum Gasteiger partial charge on any atom is 0.409 e. The lowest BCUT2D eigenvalue weighted by Gasteiger charge is -2.25. The second-order valence-electron chi connectivity index (χ2n) is 11.2. The number of ether oxygens (including phenoxy) is 3. The summed E-state index contributed by atoms with van der Waals surface area (Å²) < 4.78 is 65.0. The van der Waals surface area contributed by atoms with Crippen molar-refractivity contribution in [1.29, 1.82) is 0 Å². The number of likely N-dealkylation sites (tertiary alicyclic amines) is 1. The average molecular weight is 632 g/mol. The van der Waals surface area contributed by atoms with E-state index < -0.39 is 34.0 Å². The van der Waals surface area contributed by atoms with Gasteiger partial charge in [0, 0.05) is 36.2 Å². The van der Waals surface area contributed by atoms with Crippen LogP contribution >= 0.6 is 0 Å². The molecule has 0 saturated carbocycles. The number of nitrogens with one attached hydrogen (secondary N) is 1. The molecule has 5 rings (SSSR count). The van der Waals surface area contributed by atoms with Gasteiger partial charge in [0.1, 0.15) is 23.3 Å². The Morgan fingerprint density at radius 3 is 2.59 bits per heavy atom. The van der Waals surface area contributed by atoms with Gasteiger partial charge in [0.25, 0.3) is 5.91 Å². The smallest absolute Gasteiger partial charge is 0.409 e. The van der Waals surface area contributed by atoms with Crippen molar-refractivity contribution in [2.45, 2.75) is 51.4 Å². The summed E-state index contributed by atoms with van der Waals surface area (Å²) >= 11 is 0. The molecule has 0 radical (unpaired) electrons. The van der Waals surface area contributed by atoms with Crippen LogP contribution in [0.15, 0.2) is 40.8 Å². The third-order valence-corrected chi connectivity index (χ3v) is 9.06. The number of sulfonamides is 1. The molecule has 1 saturated heterocycles. The highest BCUT2D eigenvalue weighted by molar-refractivity contribution is 7.92. The second kappa shape index (κ2) is 13.1. The van der Waals surface area contributed by atoms with Gasteiger partial charge in [0.15, 0.2) is 0 Å². The number of unbranched alkanes of at least 4 members (excludes halogenated alkanes) is 1. The molecule has 1 fully saturated rings. The summed E-state index contributed by atoms with van der Waals surface area (Å²) in [7, 11) is -2.27. The van der Waals surface area contributed by atoms with Gasteiger partial charge in [-0.25, -0.2) is 17.6 Å². The standard InChI is InChI=1S/C31H38FN3O8S/c1-5-6-13-40-31(37)34-12-11-22(16-34)41-18-23-17-35(44(4,38)39)26-15-27-25(14-24(26)19(2)42-23)28(30(36)33-3)29(43-27)20-7-9-21(32)10-8-20/h7-10,14-15,19,22-23H,5-6,11-13,16-18H2,1-4H3,(H,33,36)/t19-,22+,23-/m0/s1. The molecule has 3 heterocycles. The first-order valence-electron chi connectivity index (χ1n) is 14.7. The highest BCUT2D eigenvalue weighted by atomic mass is 32.2. The zero-order valence-corrected chi connectivity index (χ0v) is 26.1. The SMILES string of the molecule is CCCCOC(=O)N1CC[C@@H](OC[C@@H]2CN(S(C)(=O)=O)c3cc4oc(-c5ccc(F)cc5)c(C(=O)NC)c4cc3[C@H](C)O2)C1. The van der Waals surface area contributed by atoms with Gasteiger partial charge in [-0.2, -0.15) is 0 Å². The Bertz CT molecular complexity index is 1620. The Balaban J connectivity index is 1.41. The summed E-state index contributed by atoms with van der Waals surface area (Å²) in [5.74, 6) is -0.594. The zero-order valence-electron chi connectivity index (χ0n) is 25.3. The second-order valence-corrected chi connectivity index (χ2v) is 13.1. The third kappa shape index (κ3) is 6.69. The minimum atomic E-state index is -3.77. The highest BCUT2D eigenvalue weighted by Crippen LogP contribution is 2.42. The van der Waals surface area contributed by atoms with E-state index in [-0.39, 0.29) is 36.7 Å². The lowest BCUT2D eigenvalue weighted by atomic mass is 10.0. The van der Waals surface area contributed by atoms with Crippen molar-refractivity contribution >= 4 is 38.7 Å². The van der Waals surface area contributed by atoms with Crippen molar-refractivity contribution in [3.8, 4) is 11.3 Å². The maximum atomic E-state index is 13.6. The minimum absolute atomic E-state index is 0.00892. The number of carbonyl (C=O) groups is 2. The van der Waals surface area contributed by atoms with Crippen molar-refractivity contribution in [3.05, 3.63) is 53.3 Å². The summed E-state index contributed by atoms with van der Waals surface area (Å²) in [6.45, 7) is 5.23. The Hall–Kier alpha value is -3.68. The van der Waals surface area contributed by atoms with Gasteiger partial charge in [-0.05, 0) is 50.1 Å². The van der Waals surface area contributed by atoms with Crippen LogP contribution in [-0.2, 0) is 24.2 Å². The number of anilines is 1. The molecule has 2 aliphatic heterocycles. The Morgan fingerprint density at radius 2 is 1.91 bits per heavy atom. The predicted octanol–water partition coefficient (Wildman–Crippen LogP) is 4.85. The molecule has 13 heteroatoms. The van der Waals surface area contributed by atoms with Gasteiger partial charge in [0.05, 0.1) is 56.0 Å². The molecular weight excluding hydrogens is 593 g/mol. The molecule has 2 aromatic carbocycles. The van der Waals surface area contributed by atoms with Crippen LogP contribution in [0.2, 0.25) is 0 Å². The van der Waals surface area contributed by atoms with E-state index in [0.717, 1.165) is 19.1 Å². The number of carbonyl (C=O) groups excluding carboxylic acids is 2. The largest absolute Gasteiger partial charge is 0.455 e. The molecule has 3 atom stereocenters. The van der Waals surface area contributed by atoms with Crippen molar-refractivity contribution in [1.82, 2.24) is 10.2 Å². The van der Waals surface area contributed by atoms with Gasteiger partial charge in [-0.1, -0.05) is 13.3 Å². The van der Waals surface area contributed by atoms with Crippen molar-refractivity contribution in [3.63, 3.8) is 0 Å². The fourth-order valence-electron chi connectivity index (χ4n) is 5.61. The number of rotatable bonds is 9. The minimum Gasteiger partial charge on any atom is -0.455 e. The first-order valence-corrected chi connectivity index (χ1v) is 16.6. The first kappa shape index (κ1) is 31.7. The molecule has 2 aliphatic rings. The van der Waals surface area contributed by atoms with E-state index in [1.54, 1.807) is 17.0 Å². The summed E-state index contributed by atoms with van der Waals surface area (Å²) in [5.41, 5.74) is 1.98. The summed E-state index contributed by atoms with van der Waals surface area (Å²) in [6.07, 6.45) is 1.74. The van der Waals surface area contributed by atoms with Crippen molar-refractivity contribution in [2.75, 3.05) is 50.5 Å². The van der Waals surface area contributed by atoms with E-state index >= 15 is 0 Å².